The molecule has 3 rings (SSSR count). The van der Waals surface area contributed by atoms with Gasteiger partial charge in [0.15, 0.2) is 17.7 Å². The lowest BCUT2D eigenvalue weighted by atomic mass is 10.3. The number of esters is 1. The third-order valence-corrected chi connectivity index (χ3v) is 3.14. The first-order chi connectivity index (χ1) is 11.6. The monoisotopic (exact) mass is 328 g/mol. The van der Waals surface area contributed by atoms with Gasteiger partial charge in [-0.25, -0.2) is 13.9 Å². The van der Waals surface area contributed by atoms with Crippen LogP contribution in [0.3, 0.4) is 0 Å². The Morgan fingerprint density at radius 3 is 2.58 bits per heavy atom. The van der Waals surface area contributed by atoms with E-state index in [4.69, 9.17) is 9.47 Å². The van der Waals surface area contributed by atoms with Crippen LogP contribution in [0.2, 0.25) is 0 Å². The number of aromatic nitrogens is 4. The topological polar surface area (TPSA) is 79.1 Å². The van der Waals surface area contributed by atoms with E-state index in [0.717, 1.165) is 5.69 Å². The minimum Gasteiger partial charge on any atom is -0.476 e. The molecule has 0 unspecified atom stereocenters. The maximum Gasteiger partial charge on any atom is 0.352 e. The molecule has 0 saturated carbocycles. The van der Waals surface area contributed by atoms with Crippen LogP contribution in [-0.4, -0.2) is 32.3 Å². The van der Waals surface area contributed by atoms with E-state index in [0.29, 0.717) is 5.75 Å². The van der Waals surface area contributed by atoms with Gasteiger partial charge in [-0.1, -0.05) is 12.1 Å². The van der Waals surface area contributed by atoms with Crippen LogP contribution in [0.1, 0.15) is 6.92 Å². The Kier molecular flexibility index (Phi) is 4.46. The molecule has 122 valence electrons. The number of benzene rings is 2. The summed E-state index contributed by atoms with van der Waals surface area (Å²) in [6.45, 7) is 1.49. The van der Waals surface area contributed by atoms with E-state index in [9.17, 15) is 9.18 Å². The lowest BCUT2D eigenvalue weighted by Crippen LogP contribution is -2.28. The molecule has 1 heterocycles. The fourth-order valence-electron chi connectivity index (χ4n) is 1.92. The molecular formula is C16H13FN4O3. The number of para-hydroxylation sites is 1. The lowest BCUT2D eigenvalue weighted by molar-refractivity contribution is -0.141. The van der Waals surface area contributed by atoms with Gasteiger partial charge in [0.25, 0.3) is 0 Å². The van der Waals surface area contributed by atoms with E-state index in [1.165, 1.54) is 36.1 Å². The quantitative estimate of drug-likeness (QED) is 0.527. The molecule has 0 aliphatic heterocycles. The van der Waals surface area contributed by atoms with Crippen molar-refractivity contribution >= 4 is 5.97 Å². The number of rotatable bonds is 5. The summed E-state index contributed by atoms with van der Waals surface area (Å²) in [6, 6.07) is 12.5. The third kappa shape index (κ3) is 3.54. The molecule has 0 spiro atoms. The van der Waals surface area contributed by atoms with E-state index < -0.39 is 17.9 Å². The molecule has 1 aromatic heterocycles. The Hall–Kier alpha value is -3.29. The van der Waals surface area contributed by atoms with Gasteiger partial charge in [-0.3, -0.25) is 0 Å². The van der Waals surface area contributed by atoms with Crippen LogP contribution in [-0.2, 0) is 4.79 Å². The Morgan fingerprint density at radius 1 is 1.17 bits per heavy atom. The molecule has 0 N–H and O–H groups in total. The maximum absolute atomic E-state index is 13.5. The molecule has 0 aliphatic carbocycles. The first-order valence-corrected chi connectivity index (χ1v) is 7.10. The van der Waals surface area contributed by atoms with Crippen LogP contribution >= 0.6 is 0 Å². The van der Waals surface area contributed by atoms with Gasteiger partial charge < -0.3 is 9.47 Å². The normalized spacial score (nSPS) is 11.8. The van der Waals surface area contributed by atoms with Crippen LogP contribution in [0.4, 0.5) is 4.39 Å². The van der Waals surface area contributed by atoms with Gasteiger partial charge in [0.05, 0.1) is 5.69 Å². The van der Waals surface area contributed by atoms with Gasteiger partial charge >= 0.3 is 5.97 Å². The van der Waals surface area contributed by atoms with Crippen molar-refractivity contribution in [2.45, 2.75) is 13.0 Å². The molecule has 8 heteroatoms. The van der Waals surface area contributed by atoms with Crippen LogP contribution in [0, 0.1) is 5.82 Å². The van der Waals surface area contributed by atoms with Crippen molar-refractivity contribution in [1.29, 1.82) is 0 Å². The molecule has 0 amide bonds. The molecule has 3 aromatic rings. The summed E-state index contributed by atoms with van der Waals surface area (Å²) in [6.07, 6.45) is 0.492. The fourth-order valence-corrected chi connectivity index (χ4v) is 1.92. The van der Waals surface area contributed by atoms with E-state index in [1.807, 2.05) is 0 Å². The van der Waals surface area contributed by atoms with E-state index in [-0.39, 0.29) is 5.75 Å². The van der Waals surface area contributed by atoms with E-state index in [2.05, 4.69) is 15.5 Å². The molecule has 2 aromatic carbocycles. The third-order valence-electron chi connectivity index (χ3n) is 3.14. The minimum atomic E-state index is -0.957. The zero-order valence-electron chi connectivity index (χ0n) is 12.7. The van der Waals surface area contributed by atoms with Crippen molar-refractivity contribution in [3.63, 3.8) is 0 Å². The SMILES string of the molecule is C[C@H](Oc1ccccc1F)C(=O)Oc1ccc(-n2cnnn2)cc1. The van der Waals surface area contributed by atoms with Crippen molar-refractivity contribution in [3.8, 4) is 17.2 Å². The molecule has 0 bridgehead atoms. The lowest BCUT2D eigenvalue weighted by Gasteiger charge is -2.14. The number of nitrogens with zero attached hydrogens (tertiary/aromatic N) is 4. The second-order valence-corrected chi connectivity index (χ2v) is 4.86. The molecule has 24 heavy (non-hydrogen) atoms. The summed E-state index contributed by atoms with van der Waals surface area (Å²) in [4.78, 5) is 12.0. The van der Waals surface area contributed by atoms with Gasteiger partial charge in [0.1, 0.15) is 12.1 Å². The first-order valence-electron chi connectivity index (χ1n) is 7.10. The summed E-state index contributed by atoms with van der Waals surface area (Å²) in [5.41, 5.74) is 0.718. The number of hydrogen-bond acceptors (Lipinski definition) is 6. The van der Waals surface area contributed by atoms with Gasteiger partial charge in [-0.2, -0.15) is 0 Å². The van der Waals surface area contributed by atoms with Gasteiger partial charge in [-0.05, 0) is 53.7 Å². The van der Waals surface area contributed by atoms with Crippen LogP contribution in [0.5, 0.6) is 11.5 Å². The molecule has 7 nitrogen and oxygen atoms in total. The summed E-state index contributed by atoms with van der Waals surface area (Å²) < 4.78 is 25.5. The summed E-state index contributed by atoms with van der Waals surface area (Å²) in [7, 11) is 0. The second-order valence-electron chi connectivity index (χ2n) is 4.86. The van der Waals surface area contributed by atoms with Crippen molar-refractivity contribution in [2.75, 3.05) is 0 Å². The molecule has 0 radical (unpaired) electrons. The van der Waals surface area contributed by atoms with Crippen molar-refractivity contribution < 1.29 is 18.7 Å². The smallest absolute Gasteiger partial charge is 0.352 e. The van der Waals surface area contributed by atoms with Crippen molar-refractivity contribution in [3.05, 3.63) is 60.7 Å². The van der Waals surface area contributed by atoms with Gasteiger partial charge in [0.2, 0.25) is 0 Å². The number of carbonyl (C=O) groups is 1. The van der Waals surface area contributed by atoms with E-state index in [1.54, 1.807) is 30.3 Å². The van der Waals surface area contributed by atoms with Crippen molar-refractivity contribution in [2.24, 2.45) is 0 Å². The molecule has 0 fully saturated rings. The molecular weight excluding hydrogens is 315 g/mol. The number of halogens is 1. The second kappa shape index (κ2) is 6.86. The van der Waals surface area contributed by atoms with Crippen LogP contribution in [0.25, 0.3) is 5.69 Å². The standard InChI is InChI=1S/C16H13FN4O3/c1-11(23-15-5-3-2-4-14(15)17)16(22)24-13-8-6-12(7-9-13)21-10-18-19-20-21/h2-11H,1H3/t11-/m0/s1. The van der Waals surface area contributed by atoms with Gasteiger partial charge in [0, 0.05) is 0 Å². The van der Waals surface area contributed by atoms with Crippen molar-refractivity contribution in [1.82, 2.24) is 20.2 Å². The Balaban J connectivity index is 1.63. The summed E-state index contributed by atoms with van der Waals surface area (Å²) in [5, 5.41) is 10.8. The molecule has 0 aliphatic rings. The Bertz CT molecular complexity index is 822. The van der Waals surface area contributed by atoms with Crippen LogP contribution in [0.15, 0.2) is 54.9 Å². The fraction of sp³-hybridized carbons (Fsp3) is 0.125. The highest BCUT2D eigenvalue weighted by atomic mass is 19.1. The van der Waals surface area contributed by atoms with Gasteiger partial charge in [-0.15, -0.1) is 5.10 Å². The largest absolute Gasteiger partial charge is 0.476 e. The Labute approximate surface area is 136 Å². The number of carbonyl (C=O) groups excluding carboxylic acids is 1. The zero-order chi connectivity index (χ0) is 16.9. The number of ether oxygens (including phenoxy) is 2. The summed E-state index contributed by atoms with van der Waals surface area (Å²) in [5.74, 6) is -0.840. The average molecular weight is 328 g/mol. The van der Waals surface area contributed by atoms with E-state index >= 15 is 0 Å². The predicted molar refractivity (Wildman–Crippen MR) is 81.3 cm³/mol. The highest BCUT2D eigenvalue weighted by Crippen LogP contribution is 2.19. The maximum atomic E-state index is 13.5. The molecule has 0 saturated heterocycles. The summed E-state index contributed by atoms with van der Waals surface area (Å²) >= 11 is 0. The highest BCUT2D eigenvalue weighted by Gasteiger charge is 2.18. The average Bonchev–Trinajstić information content (AvgIpc) is 3.12. The Morgan fingerprint density at radius 2 is 1.92 bits per heavy atom. The van der Waals surface area contributed by atoms with Crippen LogP contribution < -0.4 is 9.47 Å². The number of hydrogen-bond donors (Lipinski definition) is 0. The molecule has 1 atom stereocenters. The number of tetrazole rings is 1. The minimum absolute atomic E-state index is 0.00372. The zero-order valence-corrected chi connectivity index (χ0v) is 12.7. The predicted octanol–water partition coefficient (Wildman–Crippen LogP) is 2.17. The highest BCUT2D eigenvalue weighted by molar-refractivity contribution is 5.77. The first kappa shape index (κ1) is 15.6.